The van der Waals surface area contributed by atoms with Crippen molar-refractivity contribution in [1.29, 1.82) is 0 Å². The zero-order valence-corrected chi connectivity index (χ0v) is 21.2. The van der Waals surface area contributed by atoms with Crippen molar-refractivity contribution < 1.29 is 38.5 Å². The van der Waals surface area contributed by atoms with Crippen molar-refractivity contribution in [1.82, 2.24) is 14.7 Å². The molecule has 0 spiro atoms. The SMILES string of the molecule is O=C1CC2(O)CC(=O)Oc3c(C(=O)N4CCN(C5CC5)CC4)cc(c(CN4CCSCC4)c3OC2=O)O1. The lowest BCUT2D eigenvalue weighted by molar-refractivity contribution is -0.168. The Hall–Kier alpha value is -2.67. The lowest BCUT2D eigenvalue weighted by atomic mass is 9.95. The van der Waals surface area contributed by atoms with Crippen LogP contribution in [-0.2, 0) is 20.9 Å². The molecule has 0 aromatic heterocycles. The normalized spacial score (nSPS) is 26.9. The number of amides is 1. The smallest absolute Gasteiger partial charge is 0.344 e. The fraction of sp³-hybridized carbons (Fsp3) is 0.600. The predicted molar refractivity (Wildman–Crippen MR) is 131 cm³/mol. The van der Waals surface area contributed by atoms with E-state index in [0.29, 0.717) is 24.7 Å². The highest BCUT2D eigenvalue weighted by atomic mass is 32.2. The summed E-state index contributed by atoms with van der Waals surface area (Å²) in [6.07, 6.45) is 0.788. The van der Waals surface area contributed by atoms with Gasteiger partial charge >= 0.3 is 17.9 Å². The summed E-state index contributed by atoms with van der Waals surface area (Å²) in [5.74, 6) is -1.81. The molecule has 1 N–H and O–H groups in total. The number of fused-ring (bicyclic) bond motifs is 3. The number of hydrogen-bond acceptors (Lipinski definition) is 11. The van der Waals surface area contributed by atoms with Crippen molar-refractivity contribution in [2.45, 2.75) is 43.9 Å². The van der Waals surface area contributed by atoms with E-state index in [-0.39, 0.29) is 29.4 Å². The molecule has 11 nitrogen and oxygen atoms in total. The van der Waals surface area contributed by atoms with Crippen LogP contribution in [0.25, 0.3) is 0 Å². The molecule has 5 aliphatic rings. The standard InChI is InChI=1S/C25H29N3O8S/c29-19-12-25(33)13-20(30)35-21-16(23(31)28-5-3-27(4-6-28)15-1-2-15)11-18(34-19)17(22(21)36-24(25)32)14-26-7-9-37-10-8-26/h11,15,33H,1-10,12-14H2. The number of nitrogens with zero attached hydrogens (tertiary/aromatic N) is 3. The molecule has 4 aliphatic heterocycles. The quantitative estimate of drug-likeness (QED) is 0.429. The van der Waals surface area contributed by atoms with E-state index in [1.165, 1.54) is 18.9 Å². The Bertz CT molecular complexity index is 1160. The summed E-state index contributed by atoms with van der Waals surface area (Å²) in [6.45, 7) is 4.26. The van der Waals surface area contributed by atoms with Crippen molar-refractivity contribution >= 4 is 35.6 Å². The van der Waals surface area contributed by atoms with Gasteiger partial charge in [-0.15, -0.1) is 0 Å². The monoisotopic (exact) mass is 531 g/mol. The van der Waals surface area contributed by atoms with E-state index in [9.17, 15) is 24.3 Å². The minimum Gasteiger partial charge on any atom is -0.426 e. The Morgan fingerprint density at radius 3 is 2.30 bits per heavy atom. The van der Waals surface area contributed by atoms with E-state index >= 15 is 0 Å². The van der Waals surface area contributed by atoms with Gasteiger partial charge in [-0.3, -0.25) is 24.2 Å². The number of rotatable bonds is 4. The van der Waals surface area contributed by atoms with Gasteiger partial charge in [0.25, 0.3) is 5.91 Å². The second-order valence-electron chi connectivity index (χ2n) is 10.2. The second-order valence-corrected chi connectivity index (χ2v) is 11.5. The van der Waals surface area contributed by atoms with E-state index in [0.717, 1.165) is 37.7 Å². The maximum Gasteiger partial charge on any atom is 0.344 e. The third-order valence-electron chi connectivity index (χ3n) is 7.57. The Morgan fingerprint density at radius 2 is 1.62 bits per heavy atom. The zero-order chi connectivity index (χ0) is 25.7. The minimum absolute atomic E-state index is 0.0101. The van der Waals surface area contributed by atoms with Crippen LogP contribution in [0.2, 0.25) is 0 Å². The first-order valence-electron chi connectivity index (χ1n) is 12.7. The summed E-state index contributed by atoms with van der Waals surface area (Å²) in [7, 11) is 0. The van der Waals surface area contributed by atoms with E-state index in [4.69, 9.17) is 14.2 Å². The van der Waals surface area contributed by atoms with Gasteiger partial charge in [-0.1, -0.05) is 0 Å². The van der Waals surface area contributed by atoms with Crippen LogP contribution in [0.5, 0.6) is 17.2 Å². The maximum absolute atomic E-state index is 13.7. The minimum atomic E-state index is -2.43. The summed E-state index contributed by atoms with van der Waals surface area (Å²) in [5, 5.41) is 10.9. The van der Waals surface area contributed by atoms with Crippen LogP contribution in [0, 0.1) is 0 Å². The third-order valence-corrected chi connectivity index (χ3v) is 8.51. The van der Waals surface area contributed by atoms with Gasteiger partial charge in [-0.2, -0.15) is 11.8 Å². The van der Waals surface area contributed by atoms with Crippen molar-refractivity contribution in [2.24, 2.45) is 0 Å². The van der Waals surface area contributed by atoms with Gasteiger partial charge in [0.1, 0.15) is 5.75 Å². The van der Waals surface area contributed by atoms with Crippen LogP contribution in [-0.4, -0.2) is 106 Å². The van der Waals surface area contributed by atoms with Crippen molar-refractivity contribution in [3.8, 4) is 17.2 Å². The predicted octanol–water partition coefficient (Wildman–Crippen LogP) is 0.410. The molecule has 37 heavy (non-hydrogen) atoms. The van der Waals surface area contributed by atoms with Gasteiger partial charge in [0.05, 0.1) is 24.0 Å². The Balaban J connectivity index is 1.43. The summed E-state index contributed by atoms with van der Waals surface area (Å²) in [6, 6.07) is 2.01. The van der Waals surface area contributed by atoms with Crippen molar-refractivity contribution in [3.05, 3.63) is 17.2 Å². The number of ether oxygens (including phenoxy) is 3. The van der Waals surface area contributed by atoms with Crippen LogP contribution < -0.4 is 14.2 Å². The molecule has 198 valence electrons. The van der Waals surface area contributed by atoms with Crippen LogP contribution in [0.15, 0.2) is 6.07 Å². The molecule has 1 aromatic rings. The first-order valence-corrected chi connectivity index (χ1v) is 13.9. The fourth-order valence-electron chi connectivity index (χ4n) is 5.33. The van der Waals surface area contributed by atoms with Crippen LogP contribution in [0.1, 0.15) is 41.6 Å². The molecule has 3 bridgehead atoms. The molecule has 12 heteroatoms. The topological polar surface area (TPSA) is 126 Å². The molecule has 1 unspecified atom stereocenters. The van der Waals surface area contributed by atoms with E-state index in [1.54, 1.807) is 4.90 Å². The molecule has 6 rings (SSSR count). The van der Waals surface area contributed by atoms with Gasteiger partial charge in [0.2, 0.25) is 0 Å². The summed E-state index contributed by atoms with van der Waals surface area (Å²) in [5.41, 5.74) is -2.11. The molecule has 4 heterocycles. The molecule has 2 saturated heterocycles. The lowest BCUT2D eigenvalue weighted by Gasteiger charge is -2.35. The highest BCUT2D eigenvalue weighted by Crippen LogP contribution is 2.46. The van der Waals surface area contributed by atoms with Crippen molar-refractivity contribution in [3.63, 3.8) is 0 Å². The molecule has 1 aliphatic carbocycles. The second kappa shape index (κ2) is 9.57. The van der Waals surface area contributed by atoms with Gasteiger partial charge in [-0.05, 0) is 18.9 Å². The largest absolute Gasteiger partial charge is 0.426 e. The number of aliphatic hydroxyl groups is 1. The third kappa shape index (κ3) is 4.83. The molecule has 0 radical (unpaired) electrons. The average Bonchev–Trinajstić information content (AvgIpc) is 3.72. The van der Waals surface area contributed by atoms with Crippen LogP contribution in [0.3, 0.4) is 0 Å². The molecular formula is C25H29N3O8S. The molecular weight excluding hydrogens is 502 g/mol. The van der Waals surface area contributed by atoms with Gasteiger partial charge < -0.3 is 24.2 Å². The van der Waals surface area contributed by atoms with Crippen LogP contribution in [0.4, 0.5) is 0 Å². The molecule has 1 atom stereocenters. The Kier molecular flexibility index (Phi) is 6.38. The number of benzene rings is 1. The van der Waals surface area contributed by atoms with Gasteiger partial charge in [0, 0.05) is 63.4 Å². The highest BCUT2D eigenvalue weighted by Gasteiger charge is 2.48. The number of carbonyl (C=O) groups excluding carboxylic acids is 4. The van der Waals surface area contributed by atoms with Crippen molar-refractivity contribution in [2.75, 3.05) is 50.8 Å². The highest BCUT2D eigenvalue weighted by molar-refractivity contribution is 7.99. The van der Waals surface area contributed by atoms with E-state index in [1.807, 2.05) is 11.8 Å². The number of piperazine rings is 1. The first kappa shape index (κ1) is 24.7. The lowest BCUT2D eigenvalue weighted by Crippen LogP contribution is -2.49. The Labute approximate surface area is 218 Å². The molecule has 1 aromatic carbocycles. The molecule has 3 fully saturated rings. The van der Waals surface area contributed by atoms with E-state index in [2.05, 4.69) is 9.80 Å². The fourth-order valence-corrected chi connectivity index (χ4v) is 6.31. The summed E-state index contributed by atoms with van der Waals surface area (Å²) in [4.78, 5) is 58.6. The number of carbonyl (C=O) groups is 4. The number of hydrogen-bond donors (Lipinski definition) is 1. The van der Waals surface area contributed by atoms with Gasteiger partial charge in [-0.25, -0.2) is 4.79 Å². The van der Waals surface area contributed by atoms with E-state index < -0.39 is 42.3 Å². The first-order chi connectivity index (χ1) is 17.8. The zero-order valence-electron chi connectivity index (χ0n) is 20.4. The summed E-state index contributed by atoms with van der Waals surface area (Å²) < 4.78 is 16.9. The van der Waals surface area contributed by atoms with Crippen LogP contribution >= 0.6 is 11.8 Å². The average molecular weight is 532 g/mol. The molecule has 1 amide bonds. The summed E-state index contributed by atoms with van der Waals surface area (Å²) >= 11 is 1.83. The molecule has 1 saturated carbocycles. The number of esters is 3. The Morgan fingerprint density at radius 1 is 0.946 bits per heavy atom. The number of thioether (sulfide) groups is 1. The maximum atomic E-state index is 13.7. The van der Waals surface area contributed by atoms with Gasteiger partial charge in [0.15, 0.2) is 17.1 Å².